The molecule has 0 amide bonds. The number of aromatic nitrogens is 1. The van der Waals surface area contributed by atoms with Crippen LogP contribution in [0.15, 0.2) is 0 Å². The largest absolute Gasteiger partial charge is 0.348 e. The summed E-state index contributed by atoms with van der Waals surface area (Å²) < 4.78 is 0. The Balaban J connectivity index is 2.27. The third kappa shape index (κ3) is 4.19. The first kappa shape index (κ1) is 16.8. The molecule has 1 unspecified atom stereocenters. The van der Waals surface area contributed by atoms with E-state index in [1.165, 1.54) is 15.7 Å². The van der Waals surface area contributed by atoms with E-state index in [9.17, 15) is 0 Å². The molecule has 2 N–H and O–H groups in total. The third-order valence-corrected chi connectivity index (χ3v) is 5.20. The number of nitrogens with zero attached hydrogens (tertiary/aromatic N) is 2. The summed E-state index contributed by atoms with van der Waals surface area (Å²) in [5.41, 5.74) is 7.91. The fraction of sp³-hybridized carbons (Fsp3) is 0.824. The van der Waals surface area contributed by atoms with Crippen molar-refractivity contribution in [2.75, 3.05) is 18.0 Å². The van der Waals surface area contributed by atoms with E-state index in [0.717, 1.165) is 25.9 Å². The summed E-state index contributed by atoms with van der Waals surface area (Å²) in [5, 5.41) is 1.18. The van der Waals surface area contributed by atoms with Crippen molar-refractivity contribution in [2.24, 2.45) is 23.0 Å². The predicted octanol–water partition coefficient (Wildman–Crippen LogP) is 4.23. The second kappa shape index (κ2) is 6.25. The van der Waals surface area contributed by atoms with Gasteiger partial charge in [0.25, 0.3) is 0 Å². The Morgan fingerprint density at radius 3 is 2.33 bits per heavy atom. The number of nitrogens with two attached hydrogens (primary N) is 1. The lowest BCUT2D eigenvalue weighted by atomic mass is 9.77. The molecule has 2 rings (SSSR count). The highest BCUT2D eigenvalue weighted by Crippen LogP contribution is 2.43. The van der Waals surface area contributed by atoms with Gasteiger partial charge >= 0.3 is 0 Å². The Bertz CT molecular complexity index is 466. The maximum absolute atomic E-state index is 6.39. The van der Waals surface area contributed by atoms with Gasteiger partial charge in [0.1, 0.15) is 0 Å². The predicted molar refractivity (Wildman–Crippen MR) is 93.0 cm³/mol. The van der Waals surface area contributed by atoms with Gasteiger partial charge in [-0.25, -0.2) is 4.98 Å². The number of anilines is 1. The van der Waals surface area contributed by atoms with E-state index in [0.29, 0.717) is 11.8 Å². The van der Waals surface area contributed by atoms with Gasteiger partial charge in [0.05, 0.1) is 5.69 Å². The van der Waals surface area contributed by atoms with Crippen LogP contribution in [-0.2, 0) is 6.42 Å². The van der Waals surface area contributed by atoms with Crippen LogP contribution in [-0.4, -0.2) is 18.1 Å². The van der Waals surface area contributed by atoms with Gasteiger partial charge in [-0.2, -0.15) is 0 Å². The zero-order chi connectivity index (χ0) is 15.8. The molecule has 1 aromatic heterocycles. The van der Waals surface area contributed by atoms with Crippen LogP contribution in [0.2, 0.25) is 0 Å². The first-order valence-electron chi connectivity index (χ1n) is 8.18. The van der Waals surface area contributed by atoms with E-state index in [1.54, 1.807) is 0 Å². The van der Waals surface area contributed by atoms with E-state index in [1.807, 2.05) is 11.3 Å². The molecule has 21 heavy (non-hydrogen) atoms. The minimum Gasteiger partial charge on any atom is -0.348 e. The van der Waals surface area contributed by atoms with E-state index >= 15 is 0 Å². The number of hydrogen-bond donors (Lipinski definition) is 1. The Morgan fingerprint density at radius 1 is 1.24 bits per heavy atom. The third-order valence-electron chi connectivity index (χ3n) is 3.91. The fourth-order valence-corrected chi connectivity index (χ4v) is 4.33. The molecule has 1 atom stereocenters. The van der Waals surface area contributed by atoms with E-state index in [4.69, 9.17) is 10.7 Å². The molecule has 0 bridgehead atoms. The first-order valence-corrected chi connectivity index (χ1v) is 8.99. The minimum absolute atomic E-state index is 0.162. The van der Waals surface area contributed by atoms with Crippen molar-refractivity contribution >= 4 is 16.5 Å². The highest BCUT2D eigenvalue weighted by molar-refractivity contribution is 7.15. The van der Waals surface area contributed by atoms with Crippen LogP contribution in [0.1, 0.15) is 64.6 Å². The zero-order valence-corrected chi connectivity index (χ0v) is 15.3. The van der Waals surface area contributed by atoms with Crippen LogP contribution in [0.25, 0.3) is 0 Å². The van der Waals surface area contributed by atoms with Crippen molar-refractivity contribution in [2.45, 2.75) is 60.4 Å². The van der Waals surface area contributed by atoms with Crippen LogP contribution in [0.4, 0.5) is 5.13 Å². The Morgan fingerprint density at radius 2 is 1.81 bits per heavy atom. The summed E-state index contributed by atoms with van der Waals surface area (Å²) in [6, 6.07) is 0.162. The smallest absolute Gasteiger partial charge is 0.185 e. The summed E-state index contributed by atoms with van der Waals surface area (Å²) in [7, 11) is 0. The molecule has 0 aromatic carbocycles. The van der Waals surface area contributed by atoms with Gasteiger partial charge in [0.2, 0.25) is 0 Å². The summed E-state index contributed by atoms with van der Waals surface area (Å²) in [5.74, 6) is 1.30. The standard InChI is InChI=1S/C17H31N3S/c1-11(2)9-20(10-12(3)4)16-19-14-8-17(5,6)7-13(18)15(14)21-16/h11-13H,7-10,18H2,1-6H3. The van der Waals surface area contributed by atoms with E-state index < -0.39 is 0 Å². The molecule has 0 fully saturated rings. The van der Waals surface area contributed by atoms with Crippen molar-refractivity contribution < 1.29 is 0 Å². The quantitative estimate of drug-likeness (QED) is 0.885. The van der Waals surface area contributed by atoms with Crippen molar-refractivity contribution in [1.29, 1.82) is 0 Å². The lowest BCUT2D eigenvalue weighted by molar-refractivity contribution is 0.282. The maximum Gasteiger partial charge on any atom is 0.185 e. The van der Waals surface area contributed by atoms with Crippen molar-refractivity contribution in [3.05, 3.63) is 10.6 Å². The lowest BCUT2D eigenvalue weighted by Gasteiger charge is -2.32. The van der Waals surface area contributed by atoms with Crippen molar-refractivity contribution in [3.63, 3.8) is 0 Å². The number of thiazole rings is 1. The molecule has 0 spiro atoms. The van der Waals surface area contributed by atoms with Gasteiger partial charge in [-0.1, -0.05) is 52.9 Å². The van der Waals surface area contributed by atoms with Crippen molar-refractivity contribution in [3.8, 4) is 0 Å². The summed E-state index contributed by atoms with van der Waals surface area (Å²) in [4.78, 5) is 8.75. The average molecular weight is 310 g/mol. The molecule has 3 nitrogen and oxygen atoms in total. The van der Waals surface area contributed by atoms with Gasteiger partial charge in [-0.05, 0) is 30.1 Å². The Labute approximate surface area is 133 Å². The summed E-state index contributed by atoms with van der Waals surface area (Å²) >= 11 is 1.83. The normalized spacial score (nSPS) is 20.9. The molecule has 0 saturated carbocycles. The molecule has 1 aliphatic rings. The van der Waals surface area contributed by atoms with Gasteiger partial charge in [-0.15, -0.1) is 0 Å². The van der Waals surface area contributed by atoms with Crippen LogP contribution in [0, 0.1) is 17.3 Å². The highest BCUT2D eigenvalue weighted by atomic mass is 32.1. The monoisotopic (exact) mass is 309 g/mol. The van der Waals surface area contributed by atoms with Gasteiger partial charge in [-0.3, -0.25) is 0 Å². The molecule has 120 valence electrons. The first-order chi connectivity index (χ1) is 9.68. The van der Waals surface area contributed by atoms with Gasteiger partial charge in [0, 0.05) is 24.0 Å². The minimum atomic E-state index is 0.162. The molecule has 1 heterocycles. The second-order valence-corrected chi connectivity index (χ2v) is 9.16. The number of hydrogen-bond acceptors (Lipinski definition) is 4. The molecule has 1 aliphatic carbocycles. The Hall–Kier alpha value is -0.610. The van der Waals surface area contributed by atoms with Crippen molar-refractivity contribution in [1.82, 2.24) is 4.98 Å². The summed E-state index contributed by atoms with van der Waals surface area (Å²) in [6.07, 6.45) is 2.12. The number of fused-ring (bicyclic) bond motifs is 1. The van der Waals surface area contributed by atoms with Gasteiger partial charge in [0.15, 0.2) is 5.13 Å². The highest BCUT2D eigenvalue weighted by Gasteiger charge is 2.34. The zero-order valence-electron chi connectivity index (χ0n) is 14.4. The number of rotatable bonds is 5. The van der Waals surface area contributed by atoms with E-state index in [-0.39, 0.29) is 11.5 Å². The molecular weight excluding hydrogens is 278 g/mol. The topological polar surface area (TPSA) is 42.2 Å². The molecule has 1 aromatic rings. The second-order valence-electron chi connectivity index (χ2n) is 8.15. The molecule has 0 radical (unpaired) electrons. The molecule has 0 aliphatic heterocycles. The maximum atomic E-state index is 6.39. The summed E-state index contributed by atoms with van der Waals surface area (Å²) in [6.45, 7) is 15.8. The SMILES string of the molecule is CC(C)CN(CC(C)C)c1nc2c(s1)C(N)CC(C)(C)C2. The molecular formula is C17H31N3S. The van der Waals surface area contributed by atoms with Crippen LogP contribution < -0.4 is 10.6 Å². The lowest BCUT2D eigenvalue weighted by Crippen LogP contribution is -2.31. The van der Waals surface area contributed by atoms with Crippen LogP contribution >= 0.6 is 11.3 Å². The average Bonchev–Trinajstić information content (AvgIpc) is 2.68. The fourth-order valence-electron chi connectivity index (χ4n) is 3.23. The molecule has 0 saturated heterocycles. The molecule has 4 heteroatoms. The van der Waals surface area contributed by atoms with Crippen LogP contribution in [0.5, 0.6) is 0 Å². The van der Waals surface area contributed by atoms with Gasteiger partial charge < -0.3 is 10.6 Å². The van der Waals surface area contributed by atoms with Crippen LogP contribution in [0.3, 0.4) is 0 Å². The Kier molecular flexibility index (Phi) is 4.99. The van der Waals surface area contributed by atoms with E-state index in [2.05, 4.69) is 46.4 Å².